The minimum absolute atomic E-state index is 0.0234. The molecular weight excluding hydrogens is 156 g/mol. The zero-order valence-corrected chi connectivity index (χ0v) is 7.67. The van der Waals surface area contributed by atoms with E-state index >= 15 is 0 Å². The molecule has 12 heavy (non-hydrogen) atoms. The molecule has 0 atom stereocenters. The van der Waals surface area contributed by atoms with Crippen LogP contribution in [0.2, 0.25) is 0 Å². The van der Waals surface area contributed by atoms with Gasteiger partial charge in [0, 0.05) is 12.6 Å². The third-order valence-corrected chi connectivity index (χ3v) is 1.66. The molecule has 0 bridgehead atoms. The van der Waals surface area contributed by atoms with Crippen LogP contribution in [-0.2, 0) is 4.74 Å². The fraction of sp³-hybridized carbons (Fsp3) is 0.875. The van der Waals surface area contributed by atoms with Crippen molar-refractivity contribution in [3.05, 3.63) is 0 Å². The number of carbonyl (C=O) groups excluding carboxylic acids is 1. The largest absolute Gasteiger partial charge is 0.361 e. The van der Waals surface area contributed by atoms with Crippen LogP contribution in [-0.4, -0.2) is 36.9 Å². The average molecular weight is 172 g/mol. The van der Waals surface area contributed by atoms with Crippen molar-refractivity contribution in [2.75, 3.05) is 19.9 Å². The van der Waals surface area contributed by atoms with Crippen LogP contribution in [0.1, 0.15) is 20.3 Å². The fourth-order valence-electron chi connectivity index (χ4n) is 1.10. The Balaban J connectivity index is 2.30. The molecule has 0 aliphatic carbocycles. The maximum atomic E-state index is 11.3. The van der Waals surface area contributed by atoms with Crippen molar-refractivity contribution in [1.29, 1.82) is 0 Å². The van der Waals surface area contributed by atoms with E-state index in [1.807, 2.05) is 13.8 Å². The van der Waals surface area contributed by atoms with Gasteiger partial charge in [-0.2, -0.15) is 0 Å². The monoisotopic (exact) mass is 172 g/mol. The summed E-state index contributed by atoms with van der Waals surface area (Å²) in [6.45, 7) is 5.90. The Kier molecular flexibility index (Phi) is 3.34. The molecule has 1 aliphatic rings. The summed E-state index contributed by atoms with van der Waals surface area (Å²) in [5.74, 6) is 0. The molecule has 4 nitrogen and oxygen atoms in total. The Morgan fingerprint density at radius 1 is 1.58 bits per heavy atom. The summed E-state index contributed by atoms with van der Waals surface area (Å²) in [5.41, 5.74) is 0. The number of rotatable bonds is 1. The highest BCUT2D eigenvalue weighted by molar-refractivity contribution is 5.74. The smallest absolute Gasteiger partial charge is 0.319 e. The number of urea groups is 1. The summed E-state index contributed by atoms with van der Waals surface area (Å²) < 4.78 is 5.15. The molecule has 4 heteroatoms. The summed E-state index contributed by atoms with van der Waals surface area (Å²) in [5, 5.41) is 2.82. The molecule has 0 aromatic carbocycles. The maximum Gasteiger partial charge on any atom is 0.319 e. The maximum absolute atomic E-state index is 11.3. The standard InChI is InChI=1S/C8H16N2O2/c1-7(2)9-8(11)10-4-3-5-12-6-10/h7H,3-6H2,1-2H3,(H,9,11). The molecule has 1 N–H and O–H groups in total. The van der Waals surface area contributed by atoms with E-state index in [4.69, 9.17) is 4.74 Å². The van der Waals surface area contributed by atoms with E-state index < -0.39 is 0 Å². The second-order valence-electron chi connectivity index (χ2n) is 3.26. The van der Waals surface area contributed by atoms with Gasteiger partial charge in [-0.1, -0.05) is 0 Å². The molecule has 1 rings (SSSR count). The van der Waals surface area contributed by atoms with Gasteiger partial charge in [0.05, 0.1) is 6.61 Å². The van der Waals surface area contributed by atoms with Crippen LogP contribution < -0.4 is 5.32 Å². The van der Waals surface area contributed by atoms with Crippen molar-refractivity contribution in [3.63, 3.8) is 0 Å². The molecule has 70 valence electrons. The molecule has 1 saturated heterocycles. The minimum Gasteiger partial charge on any atom is -0.361 e. The van der Waals surface area contributed by atoms with Gasteiger partial charge in [-0.25, -0.2) is 4.79 Å². The van der Waals surface area contributed by atoms with Gasteiger partial charge < -0.3 is 15.0 Å². The van der Waals surface area contributed by atoms with Crippen LogP contribution in [0.3, 0.4) is 0 Å². The summed E-state index contributed by atoms with van der Waals surface area (Å²) in [6, 6.07) is 0.170. The van der Waals surface area contributed by atoms with E-state index in [-0.39, 0.29) is 12.1 Å². The molecule has 0 radical (unpaired) electrons. The molecule has 1 fully saturated rings. The van der Waals surface area contributed by atoms with Gasteiger partial charge in [-0.15, -0.1) is 0 Å². The van der Waals surface area contributed by atoms with E-state index in [9.17, 15) is 4.79 Å². The predicted molar refractivity (Wildman–Crippen MR) is 45.8 cm³/mol. The second-order valence-corrected chi connectivity index (χ2v) is 3.26. The minimum atomic E-state index is -0.0234. The van der Waals surface area contributed by atoms with Gasteiger partial charge in [-0.05, 0) is 20.3 Å². The number of ether oxygens (including phenoxy) is 1. The first kappa shape index (κ1) is 9.32. The van der Waals surface area contributed by atoms with E-state index in [0.717, 1.165) is 19.6 Å². The normalized spacial score (nSPS) is 18.1. The number of hydrogen-bond donors (Lipinski definition) is 1. The summed E-state index contributed by atoms with van der Waals surface area (Å²) in [7, 11) is 0. The van der Waals surface area contributed by atoms with Crippen molar-refractivity contribution in [3.8, 4) is 0 Å². The quantitative estimate of drug-likeness (QED) is 0.635. The van der Waals surface area contributed by atoms with E-state index in [2.05, 4.69) is 5.32 Å². The first-order valence-electron chi connectivity index (χ1n) is 4.33. The van der Waals surface area contributed by atoms with Crippen molar-refractivity contribution >= 4 is 6.03 Å². The highest BCUT2D eigenvalue weighted by Crippen LogP contribution is 2.01. The lowest BCUT2D eigenvalue weighted by atomic mass is 10.4. The highest BCUT2D eigenvalue weighted by atomic mass is 16.5. The van der Waals surface area contributed by atoms with Crippen LogP contribution in [0, 0.1) is 0 Å². The number of nitrogens with one attached hydrogen (secondary N) is 1. The Morgan fingerprint density at radius 3 is 2.83 bits per heavy atom. The van der Waals surface area contributed by atoms with Crippen LogP contribution in [0.4, 0.5) is 4.79 Å². The molecule has 0 spiro atoms. The van der Waals surface area contributed by atoms with E-state index in [1.54, 1.807) is 4.90 Å². The van der Waals surface area contributed by atoms with Gasteiger partial charge in [0.25, 0.3) is 0 Å². The fourth-order valence-corrected chi connectivity index (χ4v) is 1.10. The van der Waals surface area contributed by atoms with Crippen molar-refractivity contribution in [2.45, 2.75) is 26.3 Å². The Morgan fingerprint density at radius 2 is 2.33 bits per heavy atom. The number of nitrogens with zero attached hydrogens (tertiary/aromatic N) is 1. The number of hydrogen-bond acceptors (Lipinski definition) is 2. The molecule has 0 aromatic heterocycles. The number of amides is 2. The average Bonchev–Trinajstić information content (AvgIpc) is 2.05. The van der Waals surface area contributed by atoms with Crippen LogP contribution in [0.25, 0.3) is 0 Å². The molecular formula is C8H16N2O2. The van der Waals surface area contributed by atoms with Crippen molar-refractivity contribution < 1.29 is 9.53 Å². The Hall–Kier alpha value is -0.770. The van der Waals surface area contributed by atoms with E-state index in [0.29, 0.717) is 6.73 Å². The zero-order chi connectivity index (χ0) is 8.97. The molecule has 0 aromatic rings. The van der Waals surface area contributed by atoms with Gasteiger partial charge in [-0.3, -0.25) is 0 Å². The lowest BCUT2D eigenvalue weighted by molar-refractivity contribution is 0.00841. The SMILES string of the molecule is CC(C)NC(=O)N1CCCOC1. The third-order valence-electron chi connectivity index (χ3n) is 1.66. The van der Waals surface area contributed by atoms with Crippen molar-refractivity contribution in [1.82, 2.24) is 10.2 Å². The summed E-state index contributed by atoms with van der Waals surface area (Å²) >= 11 is 0. The second kappa shape index (κ2) is 4.30. The topological polar surface area (TPSA) is 41.6 Å². The molecule has 2 amide bonds. The van der Waals surface area contributed by atoms with Crippen LogP contribution >= 0.6 is 0 Å². The van der Waals surface area contributed by atoms with Crippen LogP contribution in [0.5, 0.6) is 0 Å². The molecule has 0 unspecified atom stereocenters. The van der Waals surface area contributed by atoms with Crippen LogP contribution in [0.15, 0.2) is 0 Å². The number of carbonyl (C=O) groups is 1. The lowest BCUT2D eigenvalue weighted by Crippen LogP contribution is -2.46. The van der Waals surface area contributed by atoms with E-state index in [1.165, 1.54) is 0 Å². The Bertz CT molecular complexity index is 153. The predicted octanol–water partition coefficient (Wildman–Crippen LogP) is 0.784. The first-order chi connectivity index (χ1) is 5.70. The van der Waals surface area contributed by atoms with Crippen molar-refractivity contribution in [2.24, 2.45) is 0 Å². The molecule has 0 saturated carbocycles. The van der Waals surface area contributed by atoms with Gasteiger partial charge in [0.15, 0.2) is 0 Å². The molecule has 1 aliphatic heterocycles. The third kappa shape index (κ3) is 2.70. The molecule has 1 heterocycles. The summed E-state index contributed by atoms with van der Waals surface area (Å²) in [6.07, 6.45) is 0.936. The first-order valence-corrected chi connectivity index (χ1v) is 4.33. The van der Waals surface area contributed by atoms with Gasteiger partial charge in [0.1, 0.15) is 6.73 Å². The van der Waals surface area contributed by atoms with Gasteiger partial charge >= 0.3 is 6.03 Å². The zero-order valence-electron chi connectivity index (χ0n) is 7.67. The Labute approximate surface area is 72.9 Å². The highest BCUT2D eigenvalue weighted by Gasteiger charge is 2.16. The summed E-state index contributed by atoms with van der Waals surface area (Å²) in [4.78, 5) is 13.0. The lowest BCUT2D eigenvalue weighted by Gasteiger charge is -2.27. The van der Waals surface area contributed by atoms with Gasteiger partial charge in [0.2, 0.25) is 0 Å².